The van der Waals surface area contributed by atoms with E-state index < -0.39 is 10.0 Å². The van der Waals surface area contributed by atoms with Crippen LogP contribution in [0.5, 0.6) is 0 Å². The first-order valence-corrected chi connectivity index (χ1v) is 8.28. The van der Waals surface area contributed by atoms with Gasteiger partial charge in [-0.05, 0) is 39.3 Å². The van der Waals surface area contributed by atoms with Gasteiger partial charge in [-0.3, -0.25) is 0 Å². The fraction of sp³-hybridized carbons (Fsp3) is 0.750. The number of aromatic nitrogens is 1. The zero-order valence-electron chi connectivity index (χ0n) is 11.6. The number of rotatable bonds is 10. The molecule has 6 nitrogen and oxygen atoms in total. The highest BCUT2D eigenvalue weighted by Gasteiger charge is 2.11. The molecule has 1 aromatic heterocycles. The molecule has 0 spiro atoms. The van der Waals surface area contributed by atoms with Crippen LogP contribution in [0, 0.1) is 6.92 Å². The largest absolute Gasteiger partial charge is 0.445 e. The Kier molecular flexibility index (Phi) is 7.04. The van der Waals surface area contributed by atoms with Crippen LogP contribution in [0.2, 0.25) is 0 Å². The van der Waals surface area contributed by atoms with E-state index in [-0.39, 0.29) is 12.3 Å². The summed E-state index contributed by atoms with van der Waals surface area (Å²) < 4.78 is 31.1. The van der Waals surface area contributed by atoms with E-state index in [4.69, 9.17) is 4.42 Å². The molecule has 0 aliphatic heterocycles. The zero-order valence-corrected chi connectivity index (χ0v) is 12.4. The van der Waals surface area contributed by atoms with E-state index in [9.17, 15) is 8.42 Å². The maximum atomic E-state index is 11.7. The molecule has 0 saturated carbocycles. The number of nitrogens with zero attached hydrogens (tertiary/aromatic N) is 1. The minimum absolute atomic E-state index is 0.115. The van der Waals surface area contributed by atoms with Gasteiger partial charge in [0.1, 0.15) is 5.76 Å². The summed E-state index contributed by atoms with van der Waals surface area (Å²) in [5.41, 5.74) is 0. The van der Waals surface area contributed by atoms with Gasteiger partial charge in [-0.25, -0.2) is 18.1 Å². The van der Waals surface area contributed by atoms with Gasteiger partial charge in [0, 0.05) is 0 Å². The molecule has 19 heavy (non-hydrogen) atoms. The lowest BCUT2D eigenvalue weighted by Gasteiger charge is -2.05. The van der Waals surface area contributed by atoms with Gasteiger partial charge in [-0.2, -0.15) is 0 Å². The molecule has 0 atom stereocenters. The second-order valence-corrected chi connectivity index (χ2v) is 6.39. The van der Waals surface area contributed by atoms with Crippen LogP contribution < -0.4 is 10.0 Å². The lowest BCUT2D eigenvalue weighted by atomic mass is 10.3. The number of unbranched alkanes of at least 4 members (excludes halogenated alkanes) is 1. The second-order valence-electron chi connectivity index (χ2n) is 4.46. The Morgan fingerprint density at radius 3 is 2.74 bits per heavy atom. The summed E-state index contributed by atoms with van der Waals surface area (Å²) in [6.07, 6.45) is 4.17. The van der Waals surface area contributed by atoms with Crippen molar-refractivity contribution in [3.63, 3.8) is 0 Å². The van der Waals surface area contributed by atoms with E-state index in [2.05, 4.69) is 21.9 Å². The molecule has 1 heterocycles. The van der Waals surface area contributed by atoms with E-state index in [0.717, 1.165) is 25.9 Å². The minimum Gasteiger partial charge on any atom is -0.445 e. The maximum absolute atomic E-state index is 11.7. The summed E-state index contributed by atoms with van der Waals surface area (Å²) >= 11 is 0. The quantitative estimate of drug-likeness (QED) is 0.632. The highest BCUT2D eigenvalue weighted by molar-refractivity contribution is 7.89. The van der Waals surface area contributed by atoms with Crippen molar-refractivity contribution in [3.05, 3.63) is 17.8 Å². The Labute approximate surface area is 115 Å². The van der Waals surface area contributed by atoms with Crippen molar-refractivity contribution in [2.24, 2.45) is 0 Å². The maximum Gasteiger partial charge on any atom is 0.212 e. The van der Waals surface area contributed by atoms with Crippen LogP contribution in [-0.2, 0) is 16.6 Å². The number of hydrogen-bond acceptors (Lipinski definition) is 5. The van der Waals surface area contributed by atoms with Crippen molar-refractivity contribution in [1.29, 1.82) is 0 Å². The molecular formula is C12H23N3O3S. The first kappa shape index (κ1) is 16.1. The van der Waals surface area contributed by atoms with Crippen LogP contribution in [0.4, 0.5) is 0 Å². The van der Waals surface area contributed by atoms with Crippen LogP contribution in [0.3, 0.4) is 0 Å². The smallest absolute Gasteiger partial charge is 0.212 e. The molecule has 2 N–H and O–H groups in total. The molecule has 0 aliphatic rings. The van der Waals surface area contributed by atoms with E-state index in [0.29, 0.717) is 18.1 Å². The van der Waals surface area contributed by atoms with Crippen molar-refractivity contribution >= 4 is 10.0 Å². The molecule has 0 fully saturated rings. The van der Waals surface area contributed by atoms with Crippen LogP contribution in [0.15, 0.2) is 10.6 Å². The fourth-order valence-corrected chi connectivity index (χ4v) is 2.64. The Bertz CT molecular complexity index is 457. The number of hydrogen-bond donors (Lipinski definition) is 2. The van der Waals surface area contributed by atoms with Crippen molar-refractivity contribution in [1.82, 2.24) is 15.0 Å². The predicted octanol–water partition coefficient (Wildman–Crippen LogP) is 1.18. The Hall–Kier alpha value is -0.920. The molecule has 0 bridgehead atoms. The van der Waals surface area contributed by atoms with Gasteiger partial charge >= 0.3 is 0 Å². The molecule has 0 radical (unpaired) electrons. The van der Waals surface area contributed by atoms with E-state index >= 15 is 0 Å². The molecule has 1 rings (SSSR count). The van der Waals surface area contributed by atoms with Gasteiger partial charge in [0.2, 0.25) is 15.9 Å². The van der Waals surface area contributed by atoms with Crippen molar-refractivity contribution in [3.8, 4) is 0 Å². The zero-order chi connectivity index (χ0) is 14.1. The SMILES string of the molecule is CCCNCCCCS(=O)(=O)NCc1ncc(C)o1. The normalized spacial score (nSPS) is 11.9. The number of sulfonamides is 1. The van der Waals surface area contributed by atoms with E-state index in [1.807, 2.05) is 0 Å². The Balaban J connectivity index is 2.17. The molecule has 0 aromatic carbocycles. The molecule has 0 saturated heterocycles. The molecule has 110 valence electrons. The third-order valence-electron chi connectivity index (χ3n) is 2.56. The lowest BCUT2D eigenvalue weighted by molar-refractivity contribution is 0.463. The topological polar surface area (TPSA) is 84.2 Å². The highest BCUT2D eigenvalue weighted by Crippen LogP contribution is 2.02. The molecule has 0 aliphatic carbocycles. The second kappa shape index (κ2) is 8.29. The molecule has 7 heteroatoms. The molecule has 0 amide bonds. The van der Waals surface area contributed by atoms with E-state index in [1.54, 1.807) is 13.1 Å². The standard InChI is InChI=1S/C12H23N3O3S/c1-3-6-13-7-4-5-8-19(16,17)15-10-12-14-9-11(2)18-12/h9,13,15H,3-8,10H2,1-2H3. The first-order valence-electron chi connectivity index (χ1n) is 6.63. The van der Waals surface area contributed by atoms with Crippen molar-refractivity contribution < 1.29 is 12.8 Å². The average molecular weight is 289 g/mol. The van der Waals surface area contributed by atoms with Gasteiger partial charge in [0.05, 0.1) is 18.5 Å². The Morgan fingerprint density at radius 1 is 1.32 bits per heavy atom. The highest BCUT2D eigenvalue weighted by atomic mass is 32.2. The lowest BCUT2D eigenvalue weighted by Crippen LogP contribution is -2.26. The van der Waals surface area contributed by atoms with Crippen LogP contribution >= 0.6 is 0 Å². The summed E-state index contributed by atoms with van der Waals surface area (Å²) in [5.74, 6) is 1.21. The average Bonchev–Trinajstić information content (AvgIpc) is 2.77. The summed E-state index contributed by atoms with van der Waals surface area (Å²) in [5, 5.41) is 3.24. The molecule has 1 aromatic rings. The van der Waals surface area contributed by atoms with E-state index in [1.165, 1.54) is 0 Å². The number of nitrogens with one attached hydrogen (secondary N) is 2. The Morgan fingerprint density at radius 2 is 2.11 bits per heavy atom. The molecular weight excluding hydrogens is 266 g/mol. The first-order chi connectivity index (χ1) is 9.03. The summed E-state index contributed by atoms with van der Waals surface area (Å²) in [4.78, 5) is 3.95. The minimum atomic E-state index is -3.24. The van der Waals surface area contributed by atoms with Gasteiger partial charge in [-0.1, -0.05) is 6.92 Å². The molecule has 0 unspecified atom stereocenters. The predicted molar refractivity (Wildman–Crippen MR) is 74.3 cm³/mol. The van der Waals surface area contributed by atoms with Crippen LogP contribution in [0.1, 0.15) is 37.8 Å². The third-order valence-corrected chi connectivity index (χ3v) is 3.97. The van der Waals surface area contributed by atoms with Gasteiger partial charge in [0.25, 0.3) is 0 Å². The van der Waals surface area contributed by atoms with Gasteiger partial charge in [-0.15, -0.1) is 0 Å². The summed E-state index contributed by atoms with van der Waals surface area (Å²) in [6, 6.07) is 0. The van der Waals surface area contributed by atoms with Gasteiger partial charge < -0.3 is 9.73 Å². The van der Waals surface area contributed by atoms with Gasteiger partial charge in [0.15, 0.2) is 0 Å². The van der Waals surface area contributed by atoms with Crippen LogP contribution in [-0.4, -0.2) is 32.2 Å². The number of oxazole rings is 1. The third kappa shape index (κ3) is 7.29. The monoisotopic (exact) mass is 289 g/mol. The van der Waals surface area contributed by atoms with Crippen molar-refractivity contribution in [2.45, 2.75) is 39.7 Å². The van der Waals surface area contributed by atoms with Crippen molar-refractivity contribution in [2.75, 3.05) is 18.8 Å². The van der Waals surface area contributed by atoms with Crippen LogP contribution in [0.25, 0.3) is 0 Å². The summed E-state index contributed by atoms with van der Waals surface area (Å²) in [6.45, 7) is 5.83. The summed E-state index contributed by atoms with van der Waals surface area (Å²) in [7, 11) is -3.24. The number of aryl methyl sites for hydroxylation is 1. The fourth-order valence-electron chi connectivity index (χ4n) is 1.57.